The molecular weight excluding hydrogens is 458 g/mol. The van der Waals surface area contributed by atoms with E-state index in [9.17, 15) is 24.3 Å². The van der Waals surface area contributed by atoms with Crippen molar-refractivity contribution in [2.24, 2.45) is 23.3 Å². The summed E-state index contributed by atoms with van der Waals surface area (Å²) in [4.78, 5) is 50.3. The number of amides is 3. The molecule has 34 heavy (non-hydrogen) atoms. The number of thioether (sulfide) groups is 1. The lowest BCUT2D eigenvalue weighted by molar-refractivity contribution is -0.144. The minimum absolute atomic E-state index is 0.102. The summed E-state index contributed by atoms with van der Waals surface area (Å²) in [6.45, 7) is 7.88. The Balaban J connectivity index is 5.51. The zero-order chi connectivity index (χ0) is 26.3. The van der Waals surface area contributed by atoms with Crippen LogP contribution in [0.2, 0.25) is 0 Å². The fourth-order valence-electron chi connectivity index (χ4n) is 3.33. The normalized spacial score (nSPS) is 15.6. The molecule has 0 aliphatic carbocycles. The minimum Gasteiger partial charge on any atom is -0.480 e. The van der Waals surface area contributed by atoms with Crippen molar-refractivity contribution in [1.82, 2.24) is 16.0 Å². The molecule has 0 aromatic heterocycles. The molecule has 0 fully saturated rings. The number of carbonyl (C=O) groups is 4. The fraction of sp³-hybridized carbons (Fsp3) is 0.826. The summed E-state index contributed by atoms with van der Waals surface area (Å²) in [5, 5.41) is 17.5. The number of carboxylic acid groups (broad SMARTS) is 1. The van der Waals surface area contributed by atoms with Crippen LogP contribution in [0.4, 0.5) is 0 Å². The predicted octanol–water partition coefficient (Wildman–Crippen LogP) is 0.827. The smallest absolute Gasteiger partial charge is 0.326 e. The average Bonchev–Trinajstić information content (AvgIpc) is 2.78. The second-order valence-corrected chi connectivity index (χ2v) is 10.1. The van der Waals surface area contributed by atoms with Gasteiger partial charge in [-0.25, -0.2) is 4.79 Å². The Labute approximate surface area is 208 Å². The number of rotatable bonds is 18. The van der Waals surface area contributed by atoms with Gasteiger partial charge < -0.3 is 32.5 Å². The van der Waals surface area contributed by atoms with Gasteiger partial charge in [0.1, 0.15) is 18.1 Å². The summed E-state index contributed by atoms with van der Waals surface area (Å²) in [5.41, 5.74) is 11.5. The third-order valence-electron chi connectivity index (χ3n) is 5.67. The van der Waals surface area contributed by atoms with Gasteiger partial charge >= 0.3 is 5.97 Å². The lowest BCUT2D eigenvalue weighted by Crippen LogP contribution is -2.58. The minimum atomic E-state index is -1.13. The first-order chi connectivity index (χ1) is 16.0. The summed E-state index contributed by atoms with van der Waals surface area (Å²) >= 11 is 1.58. The number of unbranched alkanes of at least 4 members (excludes halogenated alkanes) is 1. The van der Waals surface area contributed by atoms with E-state index in [4.69, 9.17) is 11.5 Å². The molecule has 0 radical (unpaired) electrons. The molecule has 8 N–H and O–H groups in total. The van der Waals surface area contributed by atoms with Gasteiger partial charge in [0.05, 0.1) is 6.04 Å². The molecule has 0 saturated carbocycles. The highest BCUT2D eigenvalue weighted by Crippen LogP contribution is 2.11. The van der Waals surface area contributed by atoms with Gasteiger partial charge in [0.25, 0.3) is 0 Å². The van der Waals surface area contributed by atoms with Gasteiger partial charge in [-0.2, -0.15) is 11.8 Å². The van der Waals surface area contributed by atoms with E-state index >= 15 is 0 Å². The number of carbonyl (C=O) groups excluding carboxylic acids is 3. The van der Waals surface area contributed by atoms with E-state index in [1.807, 2.05) is 27.0 Å². The second-order valence-electron chi connectivity index (χ2n) is 9.13. The lowest BCUT2D eigenvalue weighted by Gasteiger charge is -2.27. The Morgan fingerprint density at radius 1 is 0.912 bits per heavy atom. The number of aliphatic carboxylic acids is 1. The molecule has 5 unspecified atom stereocenters. The standard InChI is InChI=1S/C23H45N5O5S/c1-6-15(4)19(23(32)33)28-21(30)17(9-7-8-11-24)26-22(31)18(13-14(2)3)27-20(29)16(25)10-12-34-5/h14-19H,6-13,24-25H2,1-5H3,(H,26,31)(H,27,29)(H,28,30)(H,32,33). The van der Waals surface area contributed by atoms with Gasteiger partial charge in [0, 0.05) is 0 Å². The molecule has 0 aliphatic rings. The summed E-state index contributed by atoms with van der Waals surface area (Å²) in [6.07, 6.45) is 4.89. The predicted molar refractivity (Wildman–Crippen MR) is 136 cm³/mol. The maximum Gasteiger partial charge on any atom is 0.326 e. The van der Waals surface area contributed by atoms with Gasteiger partial charge in [-0.15, -0.1) is 0 Å². The number of nitrogens with one attached hydrogen (secondary N) is 3. The van der Waals surface area contributed by atoms with Crippen LogP contribution in [-0.4, -0.2) is 71.5 Å². The molecule has 0 aromatic carbocycles. The molecule has 5 atom stereocenters. The molecule has 0 saturated heterocycles. The van der Waals surface area contributed by atoms with E-state index < -0.39 is 47.9 Å². The van der Waals surface area contributed by atoms with Crippen molar-refractivity contribution in [2.45, 2.75) is 90.4 Å². The molecule has 0 aliphatic heterocycles. The maximum absolute atomic E-state index is 13.1. The van der Waals surface area contributed by atoms with Crippen LogP contribution in [0.15, 0.2) is 0 Å². The van der Waals surface area contributed by atoms with Crippen molar-refractivity contribution in [3.05, 3.63) is 0 Å². The molecule has 0 rings (SSSR count). The van der Waals surface area contributed by atoms with E-state index in [1.165, 1.54) is 0 Å². The monoisotopic (exact) mass is 503 g/mol. The Kier molecular flexibility index (Phi) is 16.6. The number of hydrogen-bond donors (Lipinski definition) is 6. The third-order valence-corrected chi connectivity index (χ3v) is 6.31. The Morgan fingerprint density at radius 3 is 2.00 bits per heavy atom. The topological polar surface area (TPSA) is 177 Å². The van der Waals surface area contributed by atoms with Crippen molar-refractivity contribution < 1.29 is 24.3 Å². The van der Waals surface area contributed by atoms with E-state index in [0.717, 1.165) is 5.75 Å². The molecule has 0 aromatic rings. The zero-order valence-corrected chi connectivity index (χ0v) is 22.1. The largest absolute Gasteiger partial charge is 0.480 e. The molecule has 3 amide bonds. The molecule has 0 heterocycles. The maximum atomic E-state index is 13.1. The van der Waals surface area contributed by atoms with Crippen LogP contribution in [0.3, 0.4) is 0 Å². The van der Waals surface area contributed by atoms with Crippen molar-refractivity contribution >= 4 is 35.5 Å². The van der Waals surface area contributed by atoms with E-state index in [0.29, 0.717) is 45.1 Å². The van der Waals surface area contributed by atoms with Crippen LogP contribution in [0, 0.1) is 11.8 Å². The Hall–Kier alpha value is -1.85. The Morgan fingerprint density at radius 2 is 1.50 bits per heavy atom. The summed E-state index contributed by atoms with van der Waals surface area (Å²) < 4.78 is 0. The highest BCUT2D eigenvalue weighted by atomic mass is 32.2. The average molecular weight is 504 g/mol. The number of nitrogens with two attached hydrogens (primary N) is 2. The van der Waals surface area contributed by atoms with Crippen LogP contribution in [0.1, 0.15) is 66.2 Å². The molecule has 0 bridgehead atoms. The van der Waals surface area contributed by atoms with Crippen molar-refractivity contribution in [3.63, 3.8) is 0 Å². The molecule has 0 spiro atoms. The lowest BCUT2D eigenvalue weighted by atomic mass is 9.98. The van der Waals surface area contributed by atoms with Crippen molar-refractivity contribution in [2.75, 3.05) is 18.6 Å². The van der Waals surface area contributed by atoms with Gasteiger partial charge in [0.15, 0.2) is 0 Å². The van der Waals surface area contributed by atoms with Crippen molar-refractivity contribution in [1.29, 1.82) is 0 Å². The highest BCUT2D eigenvalue weighted by molar-refractivity contribution is 7.98. The first-order valence-electron chi connectivity index (χ1n) is 12.1. The zero-order valence-electron chi connectivity index (χ0n) is 21.3. The molecular formula is C23H45N5O5S. The summed E-state index contributed by atoms with van der Waals surface area (Å²) in [5.74, 6) is -2.06. The van der Waals surface area contributed by atoms with E-state index in [1.54, 1.807) is 18.7 Å². The number of hydrogen-bond acceptors (Lipinski definition) is 7. The summed E-state index contributed by atoms with van der Waals surface area (Å²) in [7, 11) is 0. The van der Waals surface area contributed by atoms with Crippen LogP contribution in [0.25, 0.3) is 0 Å². The molecule has 198 valence electrons. The SMILES string of the molecule is CCC(C)C(NC(=O)C(CCCCN)NC(=O)C(CC(C)C)NC(=O)C(N)CCSC)C(=O)O. The van der Waals surface area contributed by atoms with Gasteiger partial charge in [-0.1, -0.05) is 34.1 Å². The Bertz CT molecular complexity index is 649. The molecule has 10 nitrogen and oxygen atoms in total. The first kappa shape index (κ1) is 32.1. The highest BCUT2D eigenvalue weighted by Gasteiger charge is 2.31. The first-order valence-corrected chi connectivity index (χ1v) is 13.5. The number of carboxylic acids is 1. The second kappa shape index (κ2) is 17.6. The van der Waals surface area contributed by atoms with Crippen LogP contribution in [-0.2, 0) is 19.2 Å². The fourth-order valence-corrected chi connectivity index (χ4v) is 3.82. The van der Waals surface area contributed by atoms with E-state index in [-0.39, 0.29) is 11.8 Å². The van der Waals surface area contributed by atoms with Crippen LogP contribution in [0.5, 0.6) is 0 Å². The molecule has 11 heteroatoms. The quantitative estimate of drug-likeness (QED) is 0.149. The van der Waals surface area contributed by atoms with Crippen molar-refractivity contribution in [3.8, 4) is 0 Å². The summed E-state index contributed by atoms with van der Waals surface area (Å²) in [6, 6.07) is -3.60. The third kappa shape index (κ3) is 12.6. The van der Waals surface area contributed by atoms with Crippen LogP contribution >= 0.6 is 11.8 Å². The van der Waals surface area contributed by atoms with Gasteiger partial charge in [0.2, 0.25) is 17.7 Å². The van der Waals surface area contributed by atoms with Gasteiger partial charge in [-0.05, 0) is 62.5 Å². The van der Waals surface area contributed by atoms with E-state index in [2.05, 4.69) is 16.0 Å². The van der Waals surface area contributed by atoms with Gasteiger partial charge in [-0.3, -0.25) is 14.4 Å². The van der Waals surface area contributed by atoms with Crippen LogP contribution < -0.4 is 27.4 Å².